The number of hydrazone groups is 1. The minimum atomic E-state index is -4.15. The molecular weight excluding hydrogens is 496 g/mol. The SMILES string of the molecule is COc1ccccc1N(CC(=O)N/N=C\c1cc([N+](=O)[O-])ccc1Cl)S(=O)(=O)c1ccc(C)cc1. The number of para-hydroxylation sites is 2. The molecular formula is C23H21ClN4O6S. The van der Waals surface area contributed by atoms with E-state index < -0.39 is 27.4 Å². The molecule has 3 rings (SSSR count). The molecule has 12 heteroatoms. The van der Waals surface area contributed by atoms with Crippen LogP contribution in [0.5, 0.6) is 5.75 Å². The first-order chi connectivity index (χ1) is 16.6. The molecule has 3 aromatic rings. The van der Waals surface area contributed by atoms with E-state index in [1.54, 1.807) is 30.3 Å². The van der Waals surface area contributed by atoms with Gasteiger partial charge in [0.05, 0.1) is 28.8 Å². The van der Waals surface area contributed by atoms with Gasteiger partial charge in [0, 0.05) is 22.7 Å². The highest BCUT2D eigenvalue weighted by molar-refractivity contribution is 7.92. The molecule has 35 heavy (non-hydrogen) atoms. The van der Waals surface area contributed by atoms with Gasteiger partial charge in [0.25, 0.3) is 21.6 Å². The molecule has 0 radical (unpaired) electrons. The summed E-state index contributed by atoms with van der Waals surface area (Å²) in [5.74, 6) is -0.507. The number of amides is 1. The zero-order valence-electron chi connectivity index (χ0n) is 18.7. The summed E-state index contributed by atoms with van der Waals surface area (Å²) < 4.78 is 33.1. The Labute approximate surface area is 207 Å². The van der Waals surface area contributed by atoms with E-state index in [2.05, 4.69) is 10.5 Å². The van der Waals surface area contributed by atoms with Crippen LogP contribution in [0.4, 0.5) is 11.4 Å². The van der Waals surface area contributed by atoms with E-state index in [4.69, 9.17) is 16.3 Å². The highest BCUT2D eigenvalue weighted by Gasteiger charge is 2.29. The van der Waals surface area contributed by atoms with Crippen LogP contribution in [0, 0.1) is 17.0 Å². The fourth-order valence-corrected chi connectivity index (χ4v) is 4.65. The van der Waals surface area contributed by atoms with Gasteiger partial charge in [0.2, 0.25) is 0 Å². The summed E-state index contributed by atoms with van der Waals surface area (Å²) in [7, 11) is -2.76. The summed E-state index contributed by atoms with van der Waals surface area (Å²) >= 11 is 6.02. The van der Waals surface area contributed by atoms with Crippen molar-refractivity contribution in [2.24, 2.45) is 5.10 Å². The maximum atomic E-state index is 13.5. The lowest BCUT2D eigenvalue weighted by Gasteiger charge is -2.25. The van der Waals surface area contributed by atoms with E-state index in [1.807, 2.05) is 6.92 Å². The van der Waals surface area contributed by atoms with Crippen LogP contribution in [0.3, 0.4) is 0 Å². The molecule has 0 aromatic heterocycles. The Morgan fingerprint density at radius 2 is 1.86 bits per heavy atom. The number of nitrogens with zero attached hydrogens (tertiary/aromatic N) is 3. The van der Waals surface area contributed by atoms with Crippen molar-refractivity contribution in [2.75, 3.05) is 18.0 Å². The van der Waals surface area contributed by atoms with Crippen LogP contribution < -0.4 is 14.5 Å². The maximum Gasteiger partial charge on any atom is 0.270 e. The summed E-state index contributed by atoms with van der Waals surface area (Å²) in [4.78, 5) is 23.1. The highest BCUT2D eigenvalue weighted by Crippen LogP contribution is 2.32. The predicted molar refractivity (Wildman–Crippen MR) is 133 cm³/mol. The molecule has 0 unspecified atom stereocenters. The molecule has 182 valence electrons. The van der Waals surface area contributed by atoms with Crippen molar-refractivity contribution >= 4 is 45.1 Å². The normalized spacial score (nSPS) is 11.3. The molecule has 1 N–H and O–H groups in total. The van der Waals surface area contributed by atoms with E-state index in [1.165, 1.54) is 43.5 Å². The van der Waals surface area contributed by atoms with Gasteiger partial charge in [-0.15, -0.1) is 0 Å². The molecule has 0 fully saturated rings. The van der Waals surface area contributed by atoms with Gasteiger partial charge < -0.3 is 4.74 Å². The number of rotatable bonds is 9. The number of sulfonamides is 1. The highest BCUT2D eigenvalue weighted by atomic mass is 35.5. The largest absolute Gasteiger partial charge is 0.495 e. The molecule has 3 aromatic carbocycles. The number of benzene rings is 3. The number of non-ortho nitro benzene ring substituents is 1. The summed E-state index contributed by atoms with van der Waals surface area (Å²) in [6, 6.07) is 16.4. The number of carbonyl (C=O) groups is 1. The van der Waals surface area contributed by atoms with E-state index in [0.717, 1.165) is 16.1 Å². The van der Waals surface area contributed by atoms with Gasteiger partial charge in [0.15, 0.2) is 0 Å². The Morgan fingerprint density at radius 3 is 2.51 bits per heavy atom. The van der Waals surface area contributed by atoms with Gasteiger partial charge in [-0.3, -0.25) is 19.2 Å². The average Bonchev–Trinajstić information content (AvgIpc) is 2.83. The van der Waals surface area contributed by atoms with Gasteiger partial charge >= 0.3 is 0 Å². The molecule has 0 saturated heterocycles. The third kappa shape index (κ3) is 6.14. The second kappa shape index (κ2) is 11.0. The number of nitro benzene ring substituents is 1. The van der Waals surface area contributed by atoms with Crippen LogP contribution in [-0.2, 0) is 14.8 Å². The Balaban J connectivity index is 1.89. The molecule has 0 spiro atoms. The van der Waals surface area contributed by atoms with Crippen LogP contribution in [0.25, 0.3) is 0 Å². The lowest BCUT2D eigenvalue weighted by molar-refractivity contribution is -0.384. The van der Waals surface area contributed by atoms with E-state index in [9.17, 15) is 23.3 Å². The monoisotopic (exact) mass is 516 g/mol. The molecule has 0 aliphatic rings. The number of hydrogen-bond acceptors (Lipinski definition) is 7. The van der Waals surface area contributed by atoms with Crippen molar-refractivity contribution in [1.82, 2.24) is 5.43 Å². The number of aryl methyl sites for hydroxylation is 1. The Morgan fingerprint density at radius 1 is 1.17 bits per heavy atom. The lowest BCUT2D eigenvalue weighted by atomic mass is 10.2. The van der Waals surface area contributed by atoms with Crippen molar-refractivity contribution in [3.8, 4) is 5.75 Å². The number of hydrogen-bond donors (Lipinski definition) is 1. The molecule has 0 heterocycles. The Kier molecular flexibility index (Phi) is 8.05. The first kappa shape index (κ1) is 25.7. The van der Waals surface area contributed by atoms with Gasteiger partial charge in [-0.2, -0.15) is 5.10 Å². The van der Waals surface area contributed by atoms with Gasteiger partial charge in [-0.1, -0.05) is 41.4 Å². The molecule has 0 bridgehead atoms. The molecule has 0 aliphatic heterocycles. The molecule has 1 amide bonds. The second-order valence-corrected chi connectivity index (χ2v) is 9.52. The van der Waals surface area contributed by atoms with Crippen LogP contribution in [0.1, 0.15) is 11.1 Å². The Hall–Kier alpha value is -3.96. The van der Waals surface area contributed by atoms with Crippen molar-refractivity contribution in [1.29, 1.82) is 0 Å². The van der Waals surface area contributed by atoms with Crippen molar-refractivity contribution in [3.05, 3.63) is 93.0 Å². The maximum absolute atomic E-state index is 13.5. The van der Waals surface area contributed by atoms with E-state index in [-0.39, 0.29) is 32.6 Å². The van der Waals surface area contributed by atoms with Gasteiger partial charge in [0.1, 0.15) is 12.3 Å². The molecule has 0 atom stereocenters. The summed E-state index contributed by atoms with van der Waals surface area (Å²) in [6.07, 6.45) is 1.13. The number of nitro groups is 1. The summed E-state index contributed by atoms with van der Waals surface area (Å²) in [5, 5.41) is 14.9. The van der Waals surface area contributed by atoms with Crippen molar-refractivity contribution in [2.45, 2.75) is 11.8 Å². The van der Waals surface area contributed by atoms with Crippen LogP contribution in [0.15, 0.2) is 76.7 Å². The zero-order chi connectivity index (χ0) is 25.6. The van der Waals surface area contributed by atoms with Crippen LogP contribution >= 0.6 is 11.6 Å². The number of ether oxygens (including phenoxy) is 1. The van der Waals surface area contributed by atoms with E-state index >= 15 is 0 Å². The fraction of sp³-hybridized carbons (Fsp3) is 0.130. The first-order valence-electron chi connectivity index (χ1n) is 10.1. The smallest absolute Gasteiger partial charge is 0.270 e. The quantitative estimate of drug-likeness (QED) is 0.260. The lowest BCUT2D eigenvalue weighted by Crippen LogP contribution is -2.39. The average molecular weight is 517 g/mol. The Bertz CT molecular complexity index is 1380. The number of nitrogens with one attached hydrogen (secondary N) is 1. The van der Waals surface area contributed by atoms with Gasteiger partial charge in [-0.05, 0) is 37.3 Å². The standard InChI is InChI=1S/C23H21ClN4O6S/c1-16-7-10-19(11-8-16)35(32,33)27(21-5-3-4-6-22(21)34-2)15-23(29)26-25-14-17-13-18(28(30)31)9-12-20(17)24/h3-14H,15H2,1-2H3,(H,26,29)/b25-14-. The second-order valence-electron chi connectivity index (χ2n) is 7.25. The molecule has 10 nitrogen and oxygen atoms in total. The van der Waals surface area contributed by atoms with Crippen molar-refractivity contribution in [3.63, 3.8) is 0 Å². The van der Waals surface area contributed by atoms with Crippen LogP contribution in [0.2, 0.25) is 5.02 Å². The summed E-state index contributed by atoms with van der Waals surface area (Å²) in [6.45, 7) is 1.21. The third-order valence-corrected chi connectivity index (χ3v) is 6.95. The number of methoxy groups -OCH3 is 1. The number of halogens is 1. The first-order valence-corrected chi connectivity index (χ1v) is 11.9. The molecule has 0 saturated carbocycles. The van der Waals surface area contributed by atoms with Crippen LogP contribution in [-0.4, -0.2) is 39.1 Å². The third-order valence-electron chi connectivity index (χ3n) is 4.83. The predicted octanol–water partition coefficient (Wildman–Crippen LogP) is 3.91. The fourth-order valence-electron chi connectivity index (χ4n) is 3.06. The summed E-state index contributed by atoms with van der Waals surface area (Å²) in [5.41, 5.74) is 3.27. The topological polar surface area (TPSA) is 131 Å². The van der Waals surface area contributed by atoms with Gasteiger partial charge in [-0.25, -0.2) is 13.8 Å². The van der Waals surface area contributed by atoms with E-state index in [0.29, 0.717) is 0 Å². The minimum Gasteiger partial charge on any atom is -0.495 e. The number of anilines is 1. The van der Waals surface area contributed by atoms with Crippen molar-refractivity contribution < 1.29 is 22.9 Å². The minimum absolute atomic E-state index is 0.00585. The molecule has 0 aliphatic carbocycles. The zero-order valence-corrected chi connectivity index (χ0v) is 20.3. The number of carbonyl (C=O) groups excluding carboxylic acids is 1.